The number of nitrogens with zero attached hydrogens (tertiary/aromatic N) is 2. The van der Waals surface area contributed by atoms with E-state index in [0.717, 1.165) is 41.3 Å². The smallest absolute Gasteiger partial charge is 0.254 e. The zero-order chi connectivity index (χ0) is 14.1. The molecule has 0 aliphatic heterocycles. The summed E-state index contributed by atoms with van der Waals surface area (Å²) in [5, 5.41) is 0. The number of pyridine rings is 2. The molecule has 2 aromatic rings. The van der Waals surface area contributed by atoms with Gasteiger partial charge in [-0.05, 0) is 59.3 Å². The fourth-order valence-corrected chi connectivity index (χ4v) is 3.33. The Morgan fingerprint density at radius 1 is 1.25 bits per heavy atom. The van der Waals surface area contributed by atoms with E-state index in [2.05, 4.69) is 20.9 Å². The van der Waals surface area contributed by atoms with Crippen LogP contribution in [-0.4, -0.2) is 9.55 Å². The van der Waals surface area contributed by atoms with Crippen molar-refractivity contribution < 1.29 is 4.39 Å². The molecule has 0 radical (unpaired) electrons. The first-order valence-corrected chi connectivity index (χ1v) is 7.45. The zero-order valence-electron chi connectivity index (χ0n) is 10.9. The third kappa shape index (κ3) is 2.54. The van der Waals surface area contributed by atoms with Gasteiger partial charge < -0.3 is 4.57 Å². The number of hydrogen-bond donors (Lipinski definition) is 0. The number of rotatable bonds is 2. The van der Waals surface area contributed by atoms with E-state index >= 15 is 0 Å². The van der Waals surface area contributed by atoms with E-state index in [9.17, 15) is 9.18 Å². The van der Waals surface area contributed by atoms with Gasteiger partial charge in [-0.2, -0.15) is 0 Å². The molecule has 0 bridgehead atoms. The lowest BCUT2D eigenvalue weighted by molar-refractivity contribution is 0.614. The number of fused-ring (bicyclic) bond motifs is 1. The van der Waals surface area contributed by atoms with E-state index in [0.29, 0.717) is 12.2 Å². The van der Waals surface area contributed by atoms with E-state index in [1.165, 1.54) is 12.3 Å². The average molecular weight is 337 g/mol. The van der Waals surface area contributed by atoms with E-state index in [-0.39, 0.29) is 11.4 Å². The highest BCUT2D eigenvalue weighted by Crippen LogP contribution is 2.25. The Balaban J connectivity index is 2.00. The van der Waals surface area contributed by atoms with E-state index in [4.69, 9.17) is 0 Å². The fraction of sp³-hybridized carbons (Fsp3) is 0.333. The summed E-state index contributed by atoms with van der Waals surface area (Å²) < 4.78 is 15.5. The molecule has 104 valence electrons. The van der Waals surface area contributed by atoms with Gasteiger partial charge in [-0.3, -0.25) is 9.78 Å². The Morgan fingerprint density at radius 3 is 2.70 bits per heavy atom. The predicted octanol–water partition coefficient (Wildman–Crippen LogP) is 3.07. The molecule has 0 N–H and O–H groups in total. The first kappa shape index (κ1) is 13.5. The van der Waals surface area contributed by atoms with Gasteiger partial charge in [0.15, 0.2) is 0 Å². The van der Waals surface area contributed by atoms with Gasteiger partial charge in [0.1, 0.15) is 5.82 Å². The Kier molecular flexibility index (Phi) is 3.70. The van der Waals surface area contributed by atoms with E-state index < -0.39 is 0 Å². The molecular weight excluding hydrogens is 323 g/mol. The molecule has 2 heterocycles. The van der Waals surface area contributed by atoms with Gasteiger partial charge in [0.2, 0.25) is 0 Å². The molecule has 0 spiro atoms. The zero-order valence-corrected chi connectivity index (χ0v) is 12.5. The number of hydrogen-bond acceptors (Lipinski definition) is 2. The quantitative estimate of drug-likeness (QED) is 0.844. The van der Waals surface area contributed by atoms with Gasteiger partial charge in [-0.15, -0.1) is 0 Å². The summed E-state index contributed by atoms with van der Waals surface area (Å²) in [6.07, 6.45) is 6.98. The van der Waals surface area contributed by atoms with Crippen LogP contribution in [0, 0.1) is 5.82 Å². The molecule has 0 atom stereocenters. The SMILES string of the molecule is O=c1c2c(c(Br)cn1Cc1ccc(F)cn1)CCCC2. The highest BCUT2D eigenvalue weighted by Gasteiger charge is 2.17. The molecule has 2 aromatic heterocycles. The molecule has 0 saturated heterocycles. The van der Waals surface area contributed by atoms with Gasteiger partial charge in [0, 0.05) is 16.2 Å². The minimum Gasteiger partial charge on any atom is -0.308 e. The first-order chi connectivity index (χ1) is 9.65. The maximum atomic E-state index is 12.9. The molecule has 0 unspecified atom stereocenters. The van der Waals surface area contributed by atoms with Crippen LogP contribution in [0.15, 0.2) is 33.8 Å². The van der Waals surface area contributed by atoms with Crippen LogP contribution < -0.4 is 5.56 Å². The second-order valence-electron chi connectivity index (χ2n) is 5.04. The summed E-state index contributed by atoms with van der Waals surface area (Å²) in [5.41, 5.74) is 2.78. The Bertz CT molecular complexity index is 694. The van der Waals surface area contributed by atoms with Gasteiger partial charge in [0.25, 0.3) is 5.56 Å². The largest absolute Gasteiger partial charge is 0.308 e. The monoisotopic (exact) mass is 336 g/mol. The van der Waals surface area contributed by atoms with Crippen molar-refractivity contribution in [2.75, 3.05) is 0 Å². The van der Waals surface area contributed by atoms with Crippen LogP contribution in [0.25, 0.3) is 0 Å². The molecule has 5 heteroatoms. The van der Waals surface area contributed by atoms with E-state index in [1.807, 2.05) is 6.20 Å². The average Bonchev–Trinajstić information content (AvgIpc) is 2.47. The highest BCUT2D eigenvalue weighted by atomic mass is 79.9. The van der Waals surface area contributed by atoms with Crippen LogP contribution in [0.2, 0.25) is 0 Å². The minimum atomic E-state index is -0.368. The Morgan fingerprint density at radius 2 is 2.00 bits per heavy atom. The summed E-state index contributed by atoms with van der Waals surface area (Å²) in [4.78, 5) is 16.5. The summed E-state index contributed by atoms with van der Waals surface area (Å²) in [6, 6.07) is 2.97. The maximum Gasteiger partial charge on any atom is 0.254 e. The van der Waals surface area contributed by atoms with Gasteiger partial charge in [-0.1, -0.05) is 0 Å². The standard InChI is InChI=1S/C15H14BrFN2O/c16-14-9-19(8-11-6-5-10(17)7-18-11)15(20)13-4-2-1-3-12(13)14/h5-7,9H,1-4,8H2. The third-order valence-electron chi connectivity index (χ3n) is 3.67. The second-order valence-corrected chi connectivity index (χ2v) is 5.90. The van der Waals surface area contributed by atoms with Crippen molar-refractivity contribution in [2.45, 2.75) is 32.2 Å². The molecule has 3 nitrogen and oxygen atoms in total. The van der Waals surface area contributed by atoms with Crippen molar-refractivity contribution in [1.29, 1.82) is 0 Å². The van der Waals surface area contributed by atoms with E-state index in [1.54, 1.807) is 10.6 Å². The molecule has 0 aromatic carbocycles. The predicted molar refractivity (Wildman–Crippen MR) is 78.3 cm³/mol. The summed E-state index contributed by atoms with van der Waals surface area (Å²) in [7, 11) is 0. The first-order valence-electron chi connectivity index (χ1n) is 6.66. The van der Waals surface area contributed by atoms with Crippen molar-refractivity contribution in [2.24, 2.45) is 0 Å². The number of aromatic nitrogens is 2. The molecule has 0 saturated carbocycles. The lowest BCUT2D eigenvalue weighted by Gasteiger charge is -2.18. The summed E-state index contributed by atoms with van der Waals surface area (Å²) in [6.45, 7) is 0.366. The van der Waals surface area contributed by atoms with Crippen LogP contribution in [0.1, 0.15) is 29.7 Å². The van der Waals surface area contributed by atoms with Crippen LogP contribution >= 0.6 is 15.9 Å². The van der Waals surface area contributed by atoms with Crippen molar-refractivity contribution in [3.05, 3.63) is 62.0 Å². The lowest BCUT2D eigenvalue weighted by atomic mass is 9.93. The molecule has 1 aliphatic rings. The number of halogens is 2. The van der Waals surface area contributed by atoms with Crippen molar-refractivity contribution >= 4 is 15.9 Å². The second kappa shape index (κ2) is 5.48. The fourth-order valence-electron chi connectivity index (χ4n) is 2.64. The molecule has 3 rings (SSSR count). The van der Waals surface area contributed by atoms with Crippen LogP contribution in [0.3, 0.4) is 0 Å². The third-order valence-corrected chi connectivity index (χ3v) is 4.35. The van der Waals surface area contributed by atoms with Crippen molar-refractivity contribution in [3.63, 3.8) is 0 Å². The molecular formula is C15H14BrFN2O. The topological polar surface area (TPSA) is 34.9 Å². The van der Waals surface area contributed by atoms with Crippen molar-refractivity contribution in [3.8, 4) is 0 Å². The summed E-state index contributed by atoms with van der Waals surface area (Å²) in [5.74, 6) is -0.368. The van der Waals surface area contributed by atoms with Crippen LogP contribution in [-0.2, 0) is 19.4 Å². The molecule has 0 fully saturated rings. The Hall–Kier alpha value is -1.49. The Labute approximate surface area is 124 Å². The van der Waals surface area contributed by atoms with Gasteiger partial charge in [0.05, 0.1) is 18.4 Å². The van der Waals surface area contributed by atoms with Gasteiger partial charge >= 0.3 is 0 Å². The van der Waals surface area contributed by atoms with Crippen molar-refractivity contribution in [1.82, 2.24) is 9.55 Å². The normalized spacial score (nSPS) is 14.1. The van der Waals surface area contributed by atoms with Gasteiger partial charge in [-0.25, -0.2) is 4.39 Å². The molecule has 0 amide bonds. The highest BCUT2D eigenvalue weighted by molar-refractivity contribution is 9.10. The van der Waals surface area contributed by atoms with Crippen LogP contribution in [0.4, 0.5) is 4.39 Å². The lowest BCUT2D eigenvalue weighted by Crippen LogP contribution is -2.27. The maximum absolute atomic E-state index is 12.9. The van der Waals surface area contributed by atoms with Crippen LogP contribution in [0.5, 0.6) is 0 Å². The molecule has 1 aliphatic carbocycles. The molecule has 20 heavy (non-hydrogen) atoms. The minimum absolute atomic E-state index is 0.0500. The summed E-state index contributed by atoms with van der Waals surface area (Å²) >= 11 is 3.55.